The molecule has 21 heavy (non-hydrogen) atoms. The quantitative estimate of drug-likeness (QED) is 0.786. The van der Waals surface area contributed by atoms with Crippen molar-refractivity contribution < 1.29 is 9.13 Å². The Morgan fingerprint density at radius 2 is 2.19 bits per heavy atom. The molecule has 1 heterocycles. The van der Waals surface area contributed by atoms with E-state index in [2.05, 4.69) is 17.2 Å². The maximum Gasteiger partial charge on any atom is 0.142 e. The van der Waals surface area contributed by atoms with Gasteiger partial charge in [0.25, 0.3) is 0 Å². The summed E-state index contributed by atoms with van der Waals surface area (Å²) in [5.74, 6) is 0.257. The lowest BCUT2D eigenvalue weighted by Gasteiger charge is -2.13. The highest BCUT2D eigenvalue weighted by Gasteiger charge is 2.09. The second kappa shape index (κ2) is 7.96. The van der Waals surface area contributed by atoms with Gasteiger partial charge in [-0.3, -0.25) is 4.98 Å². The minimum atomic E-state index is -0.375. The number of hydrogen-bond donors (Lipinski definition) is 1. The fraction of sp³-hybridized carbons (Fsp3) is 0.312. The Morgan fingerprint density at radius 3 is 2.95 bits per heavy atom. The second-order valence-corrected chi connectivity index (χ2v) is 5.11. The van der Waals surface area contributed by atoms with Crippen molar-refractivity contribution >= 4 is 11.6 Å². The molecular formula is C16H18ClFN2O. The summed E-state index contributed by atoms with van der Waals surface area (Å²) in [4.78, 5) is 3.80. The summed E-state index contributed by atoms with van der Waals surface area (Å²) in [6, 6.07) is 7.04. The van der Waals surface area contributed by atoms with Gasteiger partial charge in [-0.25, -0.2) is 4.39 Å². The van der Waals surface area contributed by atoms with E-state index in [0.717, 1.165) is 18.5 Å². The lowest BCUT2D eigenvalue weighted by molar-refractivity contribution is 0.301. The maximum absolute atomic E-state index is 13.1. The summed E-state index contributed by atoms with van der Waals surface area (Å²) >= 11 is 6.20. The number of ether oxygens (including phenoxy) is 1. The van der Waals surface area contributed by atoms with E-state index < -0.39 is 0 Å². The Labute approximate surface area is 129 Å². The van der Waals surface area contributed by atoms with Gasteiger partial charge in [0, 0.05) is 23.9 Å². The molecule has 0 aliphatic rings. The third-order valence-electron chi connectivity index (χ3n) is 2.94. The molecule has 1 aromatic heterocycles. The Bertz CT molecular complexity index is 592. The van der Waals surface area contributed by atoms with Gasteiger partial charge in [0.1, 0.15) is 18.2 Å². The SMILES string of the molecule is CCCNCc1cccc(Cl)c1OCc1cncc(F)c1. The van der Waals surface area contributed by atoms with E-state index in [4.69, 9.17) is 16.3 Å². The van der Waals surface area contributed by atoms with Crippen molar-refractivity contribution in [2.45, 2.75) is 26.5 Å². The molecule has 0 spiro atoms. The van der Waals surface area contributed by atoms with Crippen molar-refractivity contribution in [1.82, 2.24) is 10.3 Å². The summed E-state index contributed by atoms with van der Waals surface area (Å²) in [7, 11) is 0. The second-order valence-electron chi connectivity index (χ2n) is 4.70. The molecule has 0 saturated heterocycles. The molecular weight excluding hydrogens is 291 g/mol. The van der Waals surface area contributed by atoms with Crippen molar-refractivity contribution in [1.29, 1.82) is 0 Å². The zero-order valence-electron chi connectivity index (χ0n) is 11.9. The van der Waals surface area contributed by atoms with Crippen LogP contribution in [-0.2, 0) is 13.2 Å². The van der Waals surface area contributed by atoms with E-state index in [1.165, 1.54) is 12.3 Å². The predicted octanol–water partition coefficient (Wildman–Crippen LogP) is 3.95. The van der Waals surface area contributed by atoms with Crippen LogP contribution in [0.1, 0.15) is 24.5 Å². The van der Waals surface area contributed by atoms with Gasteiger partial charge >= 0.3 is 0 Å². The molecule has 3 nitrogen and oxygen atoms in total. The standard InChI is InChI=1S/C16H18ClFN2O/c1-2-6-19-9-13-4-3-5-15(17)16(13)21-11-12-7-14(18)10-20-8-12/h3-5,7-8,10,19H,2,6,9,11H2,1H3. The Balaban J connectivity index is 2.07. The lowest BCUT2D eigenvalue weighted by atomic mass is 10.2. The lowest BCUT2D eigenvalue weighted by Crippen LogP contribution is -2.14. The molecule has 5 heteroatoms. The molecule has 1 N–H and O–H groups in total. The van der Waals surface area contributed by atoms with Gasteiger partial charge in [-0.05, 0) is 25.1 Å². The summed E-state index contributed by atoms with van der Waals surface area (Å²) in [5.41, 5.74) is 1.66. The molecule has 0 bridgehead atoms. The normalized spacial score (nSPS) is 10.6. The highest BCUT2D eigenvalue weighted by atomic mass is 35.5. The van der Waals surface area contributed by atoms with E-state index >= 15 is 0 Å². The summed E-state index contributed by atoms with van der Waals surface area (Å²) in [6.45, 7) is 3.96. The van der Waals surface area contributed by atoms with Crippen LogP contribution in [0.3, 0.4) is 0 Å². The van der Waals surface area contributed by atoms with Gasteiger partial charge in [0.15, 0.2) is 0 Å². The summed E-state index contributed by atoms with van der Waals surface area (Å²) in [6.07, 6.45) is 3.81. The molecule has 2 rings (SSSR count). The molecule has 0 radical (unpaired) electrons. The molecule has 0 aliphatic heterocycles. The molecule has 112 valence electrons. The number of rotatable bonds is 7. The van der Waals surface area contributed by atoms with Crippen molar-refractivity contribution in [2.24, 2.45) is 0 Å². The zero-order chi connectivity index (χ0) is 15.1. The van der Waals surface area contributed by atoms with Crippen LogP contribution in [0.15, 0.2) is 36.7 Å². The molecule has 1 aromatic carbocycles. The van der Waals surface area contributed by atoms with Crippen LogP contribution in [0.25, 0.3) is 0 Å². The molecule has 0 fully saturated rings. The molecule has 0 unspecified atom stereocenters. The highest BCUT2D eigenvalue weighted by Crippen LogP contribution is 2.29. The van der Waals surface area contributed by atoms with Crippen LogP contribution in [-0.4, -0.2) is 11.5 Å². The number of benzene rings is 1. The van der Waals surface area contributed by atoms with Gasteiger partial charge in [-0.15, -0.1) is 0 Å². The van der Waals surface area contributed by atoms with Gasteiger partial charge < -0.3 is 10.1 Å². The number of hydrogen-bond acceptors (Lipinski definition) is 3. The number of nitrogens with zero attached hydrogens (tertiary/aromatic N) is 1. The van der Waals surface area contributed by atoms with Crippen molar-refractivity contribution in [2.75, 3.05) is 6.54 Å². The average molecular weight is 309 g/mol. The van der Waals surface area contributed by atoms with Crippen molar-refractivity contribution in [3.05, 3.63) is 58.6 Å². The number of pyridine rings is 1. The Hall–Kier alpha value is -1.65. The van der Waals surface area contributed by atoms with Crippen LogP contribution < -0.4 is 10.1 Å². The fourth-order valence-electron chi connectivity index (χ4n) is 1.94. The first kappa shape index (κ1) is 15.7. The minimum absolute atomic E-state index is 0.231. The van der Waals surface area contributed by atoms with Crippen molar-refractivity contribution in [3.63, 3.8) is 0 Å². The monoisotopic (exact) mass is 308 g/mol. The van der Waals surface area contributed by atoms with Gasteiger partial charge in [-0.1, -0.05) is 30.7 Å². The number of para-hydroxylation sites is 1. The van der Waals surface area contributed by atoms with Crippen LogP contribution in [0.5, 0.6) is 5.75 Å². The molecule has 0 aliphatic carbocycles. The molecule has 0 amide bonds. The van der Waals surface area contributed by atoms with E-state index in [-0.39, 0.29) is 12.4 Å². The van der Waals surface area contributed by atoms with Gasteiger partial charge in [0.05, 0.1) is 11.2 Å². The van der Waals surface area contributed by atoms with Crippen LogP contribution >= 0.6 is 11.6 Å². The van der Waals surface area contributed by atoms with Gasteiger partial charge in [0.2, 0.25) is 0 Å². The summed E-state index contributed by atoms with van der Waals surface area (Å²) < 4.78 is 18.9. The first-order valence-electron chi connectivity index (χ1n) is 6.91. The summed E-state index contributed by atoms with van der Waals surface area (Å²) in [5, 5.41) is 3.87. The van der Waals surface area contributed by atoms with Crippen LogP contribution in [0.2, 0.25) is 5.02 Å². The molecule has 0 saturated carbocycles. The van der Waals surface area contributed by atoms with E-state index in [1.807, 2.05) is 12.1 Å². The minimum Gasteiger partial charge on any atom is -0.487 e. The fourth-order valence-corrected chi connectivity index (χ4v) is 2.19. The van der Waals surface area contributed by atoms with Crippen LogP contribution in [0.4, 0.5) is 4.39 Å². The van der Waals surface area contributed by atoms with Gasteiger partial charge in [-0.2, -0.15) is 0 Å². The highest BCUT2D eigenvalue weighted by molar-refractivity contribution is 6.32. The van der Waals surface area contributed by atoms with E-state index in [9.17, 15) is 4.39 Å². The number of nitrogens with one attached hydrogen (secondary N) is 1. The predicted molar refractivity (Wildman–Crippen MR) is 82.0 cm³/mol. The molecule has 2 aromatic rings. The Morgan fingerprint density at radius 1 is 1.33 bits per heavy atom. The first-order chi connectivity index (χ1) is 10.2. The third kappa shape index (κ3) is 4.69. The maximum atomic E-state index is 13.1. The first-order valence-corrected chi connectivity index (χ1v) is 7.29. The molecule has 0 atom stereocenters. The van der Waals surface area contributed by atoms with Crippen molar-refractivity contribution in [3.8, 4) is 5.75 Å². The average Bonchev–Trinajstić information content (AvgIpc) is 2.47. The third-order valence-corrected chi connectivity index (χ3v) is 3.23. The van der Waals surface area contributed by atoms with E-state index in [0.29, 0.717) is 22.9 Å². The zero-order valence-corrected chi connectivity index (χ0v) is 12.7. The van der Waals surface area contributed by atoms with Crippen LogP contribution in [0, 0.1) is 5.82 Å². The Kier molecular flexibility index (Phi) is 5.96. The van der Waals surface area contributed by atoms with E-state index in [1.54, 1.807) is 12.3 Å². The largest absolute Gasteiger partial charge is 0.487 e. The number of halogens is 2. The smallest absolute Gasteiger partial charge is 0.142 e. The number of aromatic nitrogens is 1. The topological polar surface area (TPSA) is 34.1 Å².